The lowest BCUT2D eigenvalue weighted by Crippen LogP contribution is -2.09. The third-order valence-electron chi connectivity index (χ3n) is 5.03. The second-order valence-electron chi connectivity index (χ2n) is 7.98. The van der Waals surface area contributed by atoms with Crippen LogP contribution in [0.2, 0.25) is 0 Å². The van der Waals surface area contributed by atoms with E-state index < -0.39 is 0 Å². The summed E-state index contributed by atoms with van der Waals surface area (Å²) in [4.78, 5) is 10.6. The van der Waals surface area contributed by atoms with E-state index in [4.69, 9.17) is 5.73 Å². The Kier molecular flexibility index (Phi) is 29.3. The number of primary amides is 1. The molecule has 3 N–H and O–H groups in total. The molecule has 27 heavy (non-hydrogen) atoms. The van der Waals surface area contributed by atoms with Crippen molar-refractivity contribution in [2.75, 3.05) is 13.6 Å². The fraction of sp³-hybridized carbons (Fsp3) is 0.958. The number of rotatable bonds is 20. The largest absolute Gasteiger partial charge is 0.370 e. The standard InChI is InChI=1S/C20H41NO.C4H11N/c1-2-3-4-5-6-7-8-9-10-11-12-13-14-15-16-17-18-19-20(21)22;1-3-4-5-2/h2-19H2,1H3,(H2,21,22);5H,3-4H2,1-2H3. The van der Waals surface area contributed by atoms with E-state index in [1.165, 1.54) is 109 Å². The Morgan fingerprint density at radius 1 is 0.593 bits per heavy atom. The first kappa shape index (κ1) is 28.6. The highest BCUT2D eigenvalue weighted by Crippen LogP contribution is 2.14. The van der Waals surface area contributed by atoms with Crippen molar-refractivity contribution in [1.82, 2.24) is 5.32 Å². The molecular formula is C24H52N2O. The van der Waals surface area contributed by atoms with Gasteiger partial charge in [-0.2, -0.15) is 0 Å². The van der Waals surface area contributed by atoms with Gasteiger partial charge < -0.3 is 11.1 Å². The van der Waals surface area contributed by atoms with Gasteiger partial charge in [0.05, 0.1) is 0 Å². The highest BCUT2D eigenvalue weighted by molar-refractivity contribution is 5.73. The van der Waals surface area contributed by atoms with E-state index in [1.807, 2.05) is 7.05 Å². The number of nitrogens with two attached hydrogens (primary N) is 1. The van der Waals surface area contributed by atoms with Crippen molar-refractivity contribution in [3.8, 4) is 0 Å². The molecule has 0 saturated heterocycles. The van der Waals surface area contributed by atoms with E-state index in [0.29, 0.717) is 6.42 Å². The van der Waals surface area contributed by atoms with Crippen LogP contribution < -0.4 is 11.1 Å². The van der Waals surface area contributed by atoms with Crippen LogP contribution in [0, 0.1) is 0 Å². The van der Waals surface area contributed by atoms with Crippen LogP contribution in [-0.2, 0) is 4.79 Å². The molecule has 3 heteroatoms. The Bertz CT molecular complexity index is 267. The van der Waals surface area contributed by atoms with E-state index in [9.17, 15) is 4.79 Å². The zero-order valence-corrected chi connectivity index (χ0v) is 19.1. The van der Waals surface area contributed by atoms with Crippen LogP contribution >= 0.6 is 0 Å². The summed E-state index contributed by atoms with van der Waals surface area (Å²) in [6.45, 7) is 5.57. The predicted molar refractivity (Wildman–Crippen MR) is 122 cm³/mol. The lowest BCUT2D eigenvalue weighted by atomic mass is 10.0. The van der Waals surface area contributed by atoms with Gasteiger partial charge in [0, 0.05) is 6.42 Å². The van der Waals surface area contributed by atoms with E-state index in [0.717, 1.165) is 13.0 Å². The molecule has 164 valence electrons. The molecule has 0 bridgehead atoms. The fourth-order valence-corrected chi connectivity index (χ4v) is 3.27. The summed E-state index contributed by atoms with van der Waals surface area (Å²) in [6, 6.07) is 0. The second kappa shape index (κ2) is 27.6. The van der Waals surface area contributed by atoms with Gasteiger partial charge >= 0.3 is 0 Å². The van der Waals surface area contributed by atoms with Gasteiger partial charge in [-0.3, -0.25) is 4.79 Å². The smallest absolute Gasteiger partial charge is 0.217 e. The molecule has 1 amide bonds. The van der Waals surface area contributed by atoms with Crippen LogP contribution in [0.5, 0.6) is 0 Å². The molecule has 0 aromatic rings. The van der Waals surface area contributed by atoms with Gasteiger partial charge in [0.25, 0.3) is 0 Å². The van der Waals surface area contributed by atoms with Gasteiger partial charge in [0.15, 0.2) is 0 Å². The number of hydrogen-bond donors (Lipinski definition) is 2. The molecule has 3 nitrogen and oxygen atoms in total. The normalized spacial score (nSPS) is 10.5. The topological polar surface area (TPSA) is 55.1 Å². The van der Waals surface area contributed by atoms with Crippen molar-refractivity contribution < 1.29 is 4.79 Å². The molecule has 0 heterocycles. The van der Waals surface area contributed by atoms with Crippen LogP contribution in [-0.4, -0.2) is 19.5 Å². The van der Waals surface area contributed by atoms with E-state index in [-0.39, 0.29) is 5.91 Å². The minimum absolute atomic E-state index is 0.152. The summed E-state index contributed by atoms with van der Waals surface area (Å²) in [5.41, 5.74) is 5.12. The Morgan fingerprint density at radius 2 is 0.926 bits per heavy atom. The van der Waals surface area contributed by atoms with Gasteiger partial charge in [-0.25, -0.2) is 0 Å². The second-order valence-corrected chi connectivity index (χ2v) is 7.98. The van der Waals surface area contributed by atoms with Gasteiger partial charge in [-0.1, -0.05) is 117 Å². The summed E-state index contributed by atoms with van der Waals surface area (Å²) < 4.78 is 0. The Morgan fingerprint density at radius 3 is 1.15 bits per heavy atom. The zero-order valence-electron chi connectivity index (χ0n) is 19.1. The Balaban J connectivity index is 0. The summed E-state index contributed by atoms with van der Waals surface area (Å²) in [5, 5.41) is 3.02. The highest BCUT2D eigenvalue weighted by Gasteiger charge is 1.96. The summed E-state index contributed by atoms with van der Waals surface area (Å²) in [7, 11) is 1.96. The van der Waals surface area contributed by atoms with Gasteiger partial charge in [-0.05, 0) is 26.4 Å². The molecular weight excluding hydrogens is 332 g/mol. The Labute approximate surface area is 171 Å². The average molecular weight is 385 g/mol. The van der Waals surface area contributed by atoms with Crippen LogP contribution in [0.25, 0.3) is 0 Å². The van der Waals surface area contributed by atoms with Crippen molar-refractivity contribution >= 4 is 5.91 Å². The minimum atomic E-state index is -0.152. The predicted octanol–water partition coefficient (Wildman–Crippen LogP) is 7.13. The number of carbonyl (C=O) groups is 1. The third kappa shape index (κ3) is 33.4. The molecule has 0 aromatic carbocycles. The van der Waals surface area contributed by atoms with Crippen LogP contribution in [0.3, 0.4) is 0 Å². The Hall–Kier alpha value is -0.570. The van der Waals surface area contributed by atoms with E-state index >= 15 is 0 Å². The quantitative estimate of drug-likeness (QED) is 0.219. The molecule has 0 rings (SSSR count). The van der Waals surface area contributed by atoms with E-state index in [2.05, 4.69) is 19.2 Å². The molecule has 0 spiro atoms. The minimum Gasteiger partial charge on any atom is -0.370 e. The summed E-state index contributed by atoms with van der Waals surface area (Å²) in [6.07, 6.45) is 25.1. The van der Waals surface area contributed by atoms with Crippen molar-refractivity contribution in [2.24, 2.45) is 5.73 Å². The number of hydrogen-bond acceptors (Lipinski definition) is 2. The van der Waals surface area contributed by atoms with Crippen molar-refractivity contribution in [3.05, 3.63) is 0 Å². The summed E-state index contributed by atoms with van der Waals surface area (Å²) in [5.74, 6) is -0.152. The van der Waals surface area contributed by atoms with Gasteiger partial charge in [-0.15, -0.1) is 0 Å². The lowest BCUT2D eigenvalue weighted by Gasteiger charge is -2.03. The number of amides is 1. The van der Waals surface area contributed by atoms with Crippen molar-refractivity contribution in [3.63, 3.8) is 0 Å². The number of unbranched alkanes of at least 4 members (excludes halogenated alkanes) is 16. The van der Waals surface area contributed by atoms with Crippen molar-refractivity contribution in [2.45, 2.75) is 136 Å². The molecule has 0 radical (unpaired) electrons. The van der Waals surface area contributed by atoms with Crippen molar-refractivity contribution in [1.29, 1.82) is 0 Å². The first-order chi connectivity index (χ1) is 13.2. The maximum atomic E-state index is 10.6. The molecule has 0 aliphatic carbocycles. The fourth-order valence-electron chi connectivity index (χ4n) is 3.27. The molecule has 0 fully saturated rings. The summed E-state index contributed by atoms with van der Waals surface area (Å²) >= 11 is 0. The van der Waals surface area contributed by atoms with Crippen LogP contribution in [0.4, 0.5) is 0 Å². The van der Waals surface area contributed by atoms with Crippen LogP contribution in [0.1, 0.15) is 136 Å². The molecule has 0 saturated carbocycles. The van der Waals surface area contributed by atoms with E-state index in [1.54, 1.807) is 0 Å². The SMILES string of the molecule is CCCCCCCCCCCCCCCCCCCC(N)=O.CCCNC. The monoisotopic (exact) mass is 384 g/mol. The zero-order chi connectivity index (χ0) is 20.4. The average Bonchev–Trinajstić information content (AvgIpc) is 2.65. The first-order valence-corrected chi connectivity index (χ1v) is 12.1. The highest BCUT2D eigenvalue weighted by atomic mass is 16.1. The maximum Gasteiger partial charge on any atom is 0.217 e. The molecule has 0 aliphatic rings. The van der Waals surface area contributed by atoms with Gasteiger partial charge in [0.2, 0.25) is 5.91 Å². The number of nitrogens with one attached hydrogen (secondary N) is 1. The lowest BCUT2D eigenvalue weighted by molar-refractivity contribution is -0.118. The molecule has 0 atom stereocenters. The van der Waals surface area contributed by atoms with Crippen LogP contribution in [0.15, 0.2) is 0 Å². The first-order valence-electron chi connectivity index (χ1n) is 12.1. The molecule has 0 aliphatic heterocycles. The van der Waals surface area contributed by atoms with Gasteiger partial charge in [0.1, 0.15) is 0 Å². The third-order valence-corrected chi connectivity index (χ3v) is 5.03. The number of carbonyl (C=O) groups excluding carboxylic acids is 1. The molecule has 0 aromatic heterocycles. The maximum absolute atomic E-state index is 10.6. The molecule has 0 unspecified atom stereocenters.